The maximum absolute atomic E-state index is 11.2. The van der Waals surface area contributed by atoms with Gasteiger partial charge in [-0.15, -0.1) is 0 Å². The van der Waals surface area contributed by atoms with Crippen LogP contribution in [0.2, 0.25) is 5.02 Å². The molecular formula is C12H16ClN3O. The lowest BCUT2D eigenvalue weighted by Crippen LogP contribution is -2.48. The minimum atomic E-state index is 0.133. The van der Waals surface area contributed by atoms with Gasteiger partial charge < -0.3 is 15.5 Å². The summed E-state index contributed by atoms with van der Waals surface area (Å²) in [6.07, 6.45) is 0. The summed E-state index contributed by atoms with van der Waals surface area (Å²) in [6, 6.07) is 5.53. The first-order chi connectivity index (χ1) is 8.08. The Labute approximate surface area is 106 Å². The first-order valence-electron chi connectivity index (χ1n) is 5.63. The zero-order valence-corrected chi connectivity index (χ0v) is 10.6. The maximum Gasteiger partial charge on any atom is 0.219 e. The third-order valence-corrected chi connectivity index (χ3v) is 3.29. The lowest BCUT2D eigenvalue weighted by atomic mass is 10.2. The van der Waals surface area contributed by atoms with E-state index in [0.29, 0.717) is 10.7 Å². The van der Waals surface area contributed by atoms with E-state index >= 15 is 0 Å². The molecule has 92 valence electrons. The fraction of sp³-hybridized carbons (Fsp3) is 0.417. The Hall–Kier alpha value is -1.42. The van der Waals surface area contributed by atoms with Crippen LogP contribution < -0.4 is 10.6 Å². The van der Waals surface area contributed by atoms with Gasteiger partial charge in [-0.25, -0.2) is 0 Å². The number of anilines is 2. The SMILES string of the molecule is CC(=O)N1CCN(c2ccc(Cl)cc2N)CC1. The summed E-state index contributed by atoms with van der Waals surface area (Å²) >= 11 is 5.87. The standard InChI is InChI=1S/C12H16ClN3O/c1-9(17)15-4-6-16(7-5-15)12-3-2-10(13)8-11(12)14/h2-3,8H,4-7,14H2,1H3. The summed E-state index contributed by atoms with van der Waals surface area (Å²) in [5, 5.41) is 0.647. The number of halogens is 1. The average Bonchev–Trinajstić information content (AvgIpc) is 2.29. The van der Waals surface area contributed by atoms with Crippen molar-refractivity contribution in [3.63, 3.8) is 0 Å². The van der Waals surface area contributed by atoms with Crippen LogP contribution in [0, 0.1) is 0 Å². The number of carbonyl (C=O) groups is 1. The second-order valence-electron chi connectivity index (χ2n) is 4.20. The first kappa shape index (κ1) is 12.0. The summed E-state index contributed by atoms with van der Waals surface area (Å²) in [6.45, 7) is 4.72. The van der Waals surface area contributed by atoms with E-state index in [1.807, 2.05) is 17.0 Å². The number of benzene rings is 1. The Balaban J connectivity index is 2.08. The quantitative estimate of drug-likeness (QED) is 0.774. The van der Waals surface area contributed by atoms with Crippen LogP contribution in [0.5, 0.6) is 0 Å². The van der Waals surface area contributed by atoms with Gasteiger partial charge in [-0.05, 0) is 18.2 Å². The lowest BCUT2D eigenvalue weighted by molar-refractivity contribution is -0.129. The molecule has 0 spiro atoms. The van der Waals surface area contributed by atoms with Crippen LogP contribution in [-0.2, 0) is 4.79 Å². The molecule has 2 rings (SSSR count). The normalized spacial score (nSPS) is 16.1. The van der Waals surface area contributed by atoms with Crippen molar-refractivity contribution in [2.24, 2.45) is 0 Å². The van der Waals surface area contributed by atoms with Crippen molar-refractivity contribution in [3.05, 3.63) is 23.2 Å². The second kappa shape index (κ2) is 4.84. The van der Waals surface area contributed by atoms with Crippen molar-refractivity contribution in [2.45, 2.75) is 6.92 Å². The zero-order valence-electron chi connectivity index (χ0n) is 9.82. The number of rotatable bonds is 1. The van der Waals surface area contributed by atoms with Crippen molar-refractivity contribution < 1.29 is 4.79 Å². The number of nitrogens with zero attached hydrogens (tertiary/aromatic N) is 2. The predicted molar refractivity (Wildman–Crippen MR) is 70.3 cm³/mol. The Morgan fingerprint density at radius 1 is 1.29 bits per heavy atom. The molecule has 1 aliphatic heterocycles. The van der Waals surface area contributed by atoms with Crippen LogP contribution in [0.1, 0.15) is 6.92 Å². The Morgan fingerprint density at radius 3 is 2.47 bits per heavy atom. The summed E-state index contributed by atoms with van der Waals surface area (Å²) < 4.78 is 0. The van der Waals surface area contributed by atoms with Gasteiger partial charge >= 0.3 is 0 Å². The average molecular weight is 254 g/mol. The largest absolute Gasteiger partial charge is 0.397 e. The monoisotopic (exact) mass is 253 g/mol. The number of nitrogens with two attached hydrogens (primary N) is 1. The van der Waals surface area contributed by atoms with Crippen molar-refractivity contribution in [3.8, 4) is 0 Å². The van der Waals surface area contributed by atoms with Gasteiger partial charge in [0.15, 0.2) is 0 Å². The van der Waals surface area contributed by atoms with Gasteiger partial charge in [0, 0.05) is 38.1 Å². The number of amides is 1. The Morgan fingerprint density at radius 2 is 1.94 bits per heavy atom. The van der Waals surface area contributed by atoms with Gasteiger partial charge in [-0.1, -0.05) is 11.6 Å². The molecule has 0 aliphatic carbocycles. The van der Waals surface area contributed by atoms with Crippen LogP contribution in [-0.4, -0.2) is 37.0 Å². The van der Waals surface area contributed by atoms with Gasteiger partial charge in [-0.2, -0.15) is 0 Å². The smallest absolute Gasteiger partial charge is 0.219 e. The molecule has 1 aromatic carbocycles. The molecule has 0 bridgehead atoms. The van der Waals surface area contributed by atoms with E-state index in [9.17, 15) is 4.79 Å². The van der Waals surface area contributed by atoms with Gasteiger partial charge in [0.25, 0.3) is 0 Å². The molecule has 1 fully saturated rings. The number of carbonyl (C=O) groups excluding carboxylic acids is 1. The highest BCUT2D eigenvalue weighted by molar-refractivity contribution is 6.31. The highest BCUT2D eigenvalue weighted by atomic mass is 35.5. The van der Waals surface area contributed by atoms with E-state index in [4.69, 9.17) is 17.3 Å². The van der Waals surface area contributed by atoms with Crippen molar-refractivity contribution in [2.75, 3.05) is 36.8 Å². The first-order valence-corrected chi connectivity index (χ1v) is 6.01. The molecule has 5 heteroatoms. The molecule has 1 saturated heterocycles. The highest BCUT2D eigenvalue weighted by Crippen LogP contribution is 2.27. The number of hydrogen-bond acceptors (Lipinski definition) is 3. The fourth-order valence-electron chi connectivity index (χ4n) is 2.08. The topological polar surface area (TPSA) is 49.6 Å². The third-order valence-electron chi connectivity index (χ3n) is 3.06. The Kier molecular flexibility index (Phi) is 3.43. The third kappa shape index (κ3) is 2.64. The molecule has 0 unspecified atom stereocenters. The van der Waals surface area contributed by atoms with Crippen molar-refractivity contribution in [1.29, 1.82) is 0 Å². The van der Waals surface area contributed by atoms with Crippen LogP contribution in [0.25, 0.3) is 0 Å². The van der Waals surface area contributed by atoms with Gasteiger partial charge in [0.05, 0.1) is 11.4 Å². The van der Waals surface area contributed by atoms with E-state index < -0.39 is 0 Å². The molecule has 0 aromatic heterocycles. The molecule has 1 aromatic rings. The molecule has 4 nitrogen and oxygen atoms in total. The molecule has 2 N–H and O–H groups in total. The fourth-order valence-corrected chi connectivity index (χ4v) is 2.26. The van der Waals surface area contributed by atoms with Crippen LogP contribution >= 0.6 is 11.6 Å². The van der Waals surface area contributed by atoms with Crippen molar-refractivity contribution >= 4 is 28.9 Å². The molecule has 1 heterocycles. The Bertz CT molecular complexity index is 428. The lowest BCUT2D eigenvalue weighted by Gasteiger charge is -2.36. The molecular weight excluding hydrogens is 238 g/mol. The van der Waals surface area contributed by atoms with Crippen LogP contribution in [0.15, 0.2) is 18.2 Å². The van der Waals surface area contributed by atoms with Gasteiger partial charge in [0.2, 0.25) is 5.91 Å². The minimum Gasteiger partial charge on any atom is -0.397 e. The number of hydrogen-bond donors (Lipinski definition) is 1. The molecule has 0 saturated carbocycles. The molecule has 1 aliphatic rings. The summed E-state index contributed by atoms with van der Waals surface area (Å²) in [5.74, 6) is 0.133. The number of nitrogen functional groups attached to an aromatic ring is 1. The maximum atomic E-state index is 11.2. The van der Waals surface area contributed by atoms with E-state index in [2.05, 4.69) is 4.90 Å². The molecule has 1 amide bonds. The van der Waals surface area contributed by atoms with Crippen LogP contribution in [0.3, 0.4) is 0 Å². The van der Waals surface area contributed by atoms with Gasteiger partial charge in [-0.3, -0.25) is 4.79 Å². The summed E-state index contributed by atoms with van der Waals surface area (Å²) in [5.41, 5.74) is 7.63. The van der Waals surface area contributed by atoms with E-state index in [1.165, 1.54) is 0 Å². The van der Waals surface area contributed by atoms with E-state index in [0.717, 1.165) is 31.9 Å². The molecule has 17 heavy (non-hydrogen) atoms. The summed E-state index contributed by atoms with van der Waals surface area (Å²) in [7, 11) is 0. The molecule has 0 radical (unpaired) electrons. The zero-order chi connectivity index (χ0) is 12.4. The van der Waals surface area contributed by atoms with Gasteiger partial charge in [0.1, 0.15) is 0 Å². The highest BCUT2D eigenvalue weighted by Gasteiger charge is 2.19. The minimum absolute atomic E-state index is 0.133. The van der Waals surface area contributed by atoms with E-state index in [-0.39, 0.29) is 5.91 Å². The predicted octanol–water partition coefficient (Wildman–Crippen LogP) is 1.59. The second-order valence-corrected chi connectivity index (χ2v) is 4.63. The number of piperazine rings is 1. The van der Waals surface area contributed by atoms with Crippen LogP contribution in [0.4, 0.5) is 11.4 Å². The molecule has 0 atom stereocenters. The van der Waals surface area contributed by atoms with E-state index in [1.54, 1.807) is 13.0 Å². The summed E-state index contributed by atoms with van der Waals surface area (Å²) in [4.78, 5) is 15.3. The van der Waals surface area contributed by atoms with Crippen molar-refractivity contribution in [1.82, 2.24) is 4.90 Å².